The van der Waals surface area contributed by atoms with Crippen LogP contribution in [0.15, 0.2) is 28.7 Å². The molecule has 0 spiro atoms. The first-order valence-electron chi connectivity index (χ1n) is 12.2. The number of hydrogen-bond acceptors (Lipinski definition) is 7. The minimum absolute atomic E-state index is 0.0377. The number of rotatable bonds is 4. The fourth-order valence-electron chi connectivity index (χ4n) is 4.53. The molecule has 0 saturated heterocycles. The zero-order valence-corrected chi connectivity index (χ0v) is 23.8. The van der Waals surface area contributed by atoms with Gasteiger partial charge in [-0.3, -0.25) is 4.84 Å². The third-order valence-corrected chi connectivity index (χ3v) is 6.15. The molecule has 4 rings (SSSR count). The highest BCUT2D eigenvalue weighted by atomic mass is 16.7. The summed E-state index contributed by atoms with van der Waals surface area (Å²) in [5.41, 5.74) is 1.80. The minimum Gasteiger partial charge on any atom is -0.496 e. The summed E-state index contributed by atoms with van der Waals surface area (Å²) in [5.74, 6) is 5.10. The summed E-state index contributed by atoms with van der Waals surface area (Å²) >= 11 is 0. The van der Waals surface area contributed by atoms with E-state index < -0.39 is 0 Å². The topological polar surface area (TPSA) is 62.5 Å². The molecule has 36 heavy (non-hydrogen) atoms. The van der Waals surface area contributed by atoms with E-state index in [0.717, 1.165) is 56.5 Å². The third-order valence-electron chi connectivity index (χ3n) is 6.15. The molecule has 7 nitrogen and oxygen atoms in total. The second-order valence-electron chi connectivity index (χ2n) is 10.9. The number of ether oxygens (including phenoxy) is 4. The Balaban J connectivity index is 0.000000201. The normalized spacial score (nSPS) is 15.3. The van der Waals surface area contributed by atoms with E-state index in [1.54, 1.807) is 28.4 Å². The summed E-state index contributed by atoms with van der Waals surface area (Å²) in [6, 6.07) is 7.67. The fraction of sp³-hybridized carbons (Fsp3) is 0.517. The standard InChI is InChI=1S/C15H20O3.C14H21NO3/c1-9-12-10(16-5)7-8-11(17-6)13(12)14(18-9)15(2,3)4;1-9-12-10(16-5)7-8-11(17-6)13(12)15(18-9)14(2,3)4/h7-8H,1-6H3;7-9H,1-6H3. The number of methoxy groups -OCH3 is 4. The van der Waals surface area contributed by atoms with Crippen molar-refractivity contribution in [3.63, 3.8) is 0 Å². The molecule has 1 atom stereocenters. The molecule has 1 aromatic heterocycles. The van der Waals surface area contributed by atoms with Crippen LogP contribution in [-0.4, -0.2) is 34.0 Å². The van der Waals surface area contributed by atoms with Crippen molar-refractivity contribution in [2.75, 3.05) is 33.5 Å². The number of hydroxylamine groups is 1. The minimum atomic E-state index is -0.140. The van der Waals surface area contributed by atoms with E-state index in [1.807, 2.05) is 43.2 Å². The van der Waals surface area contributed by atoms with Gasteiger partial charge in [0.1, 0.15) is 46.3 Å². The van der Waals surface area contributed by atoms with Gasteiger partial charge < -0.3 is 23.4 Å². The average molecular weight is 500 g/mol. The molecule has 0 fully saturated rings. The van der Waals surface area contributed by atoms with Crippen LogP contribution in [0.1, 0.15) is 71.7 Å². The molecular weight excluding hydrogens is 458 g/mol. The van der Waals surface area contributed by atoms with Crippen LogP contribution in [0.3, 0.4) is 0 Å². The predicted molar refractivity (Wildman–Crippen MR) is 144 cm³/mol. The summed E-state index contributed by atoms with van der Waals surface area (Å²) in [4.78, 5) is 5.95. The molecule has 198 valence electrons. The molecule has 1 unspecified atom stereocenters. The average Bonchev–Trinajstić information content (AvgIpc) is 3.37. The maximum atomic E-state index is 5.95. The zero-order valence-electron chi connectivity index (χ0n) is 23.8. The predicted octanol–water partition coefficient (Wildman–Crippen LogP) is 7.37. The summed E-state index contributed by atoms with van der Waals surface area (Å²) in [6.45, 7) is 16.7. The van der Waals surface area contributed by atoms with Crippen LogP contribution in [0.5, 0.6) is 23.0 Å². The van der Waals surface area contributed by atoms with E-state index in [2.05, 4.69) is 41.5 Å². The molecule has 0 amide bonds. The lowest BCUT2D eigenvalue weighted by Gasteiger charge is -2.33. The molecule has 2 aromatic carbocycles. The second-order valence-corrected chi connectivity index (χ2v) is 10.9. The Morgan fingerprint density at radius 2 is 1.19 bits per heavy atom. The van der Waals surface area contributed by atoms with Crippen LogP contribution in [0.2, 0.25) is 0 Å². The largest absolute Gasteiger partial charge is 0.496 e. The van der Waals surface area contributed by atoms with Crippen LogP contribution in [0, 0.1) is 6.92 Å². The van der Waals surface area contributed by atoms with Crippen molar-refractivity contribution in [3.05, 3.63) is 41.3 Å². The van der Waals surface area contributed by atoms with Gasteiger partial charge >= 0.3 is 0 Å². The Hall–Kier alpha value is -3.06. The Morgan fingerprint density at radius 1 is 0.722 bits per heavy atom. The van der Waals surface area contributed by atoms with Crippen molar-refractivity contribution < 1.29 is 28.2 Å². The van der Waals surface area contributed by atoms with Gasteiger partial charge in [0, 0.05) is 5.41 Å². The smallest absolute Gasteiger partial charge is 0.145 e. The molecule has 0 N–H and O–H groups in total. The summed E-state index contributed by atoms with van der Waals surface area (Å²) in [5, 5.41) is 3.93. The highest BCUT2D eigenvalue weighted by Crippen LogP contribution is 2.50. The van der Waals surface area contributed by atoms with E-state index >= 15 is 0 Å². The first-order valence-corrected chi connectivity index (χ1v) is 12.2. The number of anilines is 1. The second kappa shape index (κ2) is 10.1. The Morgan fingerprint density at radius 3 is 1.67 bits per heavy atom. The molecule has 0 aliphatic carbocycles. The lowest BCUT2D eigenvalue weighted by Crippen LogP contribution is -2.39. The molecular formula is C29H41NO6. The maximum absolute atomic E-state index is 5.95. The molecule has 2 heterocycles. The number of furan rings is 1. The molecule has 7 heteroatoms. The summed E-state index contributed by atoms with van der Waals surface area (Å²) in [6.07, 6.45) is -0.0377. The Labute approximate surface area is 215 Å². The number of fused-ring (bicyclic) bond motifs is 2. The Kier molecular flexibility index (Phi) is 7.75. The first-order chi connectivity index (χ1) is 16.8. The third kappa shape index (κ3) is 4.94. The van der Waals surface area contributed by atoms with Gasteiger partial charge in [0.15, 0.2) is 0 Å². The van der Waals surface area contributed by atoms with Gasteiger partial charge in [0.05, 0.1) is 50.3 Å². The number of hydrogen-bond donors (Lipinski definition) is 0. The highest BCUT2D eigenvalue weighted by molar-refractivity contribution is 5.97. The van der Waals surface area contributed by atoms with Crippen LogP contribution >= 0.6 is 0 Å². The summed E-state index contributed by atoms with van der Waals surface area (Å²) in [7, 11) is 6.70. The van der Waals surface area contributed by atoms with Crippen LogP contribution in [0.4, 0.5) is 5.69 Å². The van der Waals surface area contributed by atoms with Crippen molar-refractivity contribution in [2.24, 2.45) is 0 Å². The zero-order chi connectivity index (χ0) is 27.0. The molecule has 1 aliphatic heterocycles. The highest BCUT2D eigenvalue weighted by Gasteiger charge is 2.39. The van der Waals surface area contributed by atoms with Gasteiger partial charge in [-0.25, -0.2) is 5.06 Å². The number of nitrogens with zero attached hydrogens (tertiary/aromatic N) is 1. The molecule has 3 aromatic rings. The number of benzene rings is 2. The fourth-order valence-corrected chi connectivity index (χ4v) is 4.53. The van der Waals surface area contributed by atoms with Crippen molar-refractivity contribution >= 4 is 16.5 Å². The van der Waals surface area contributed by atoms with E-state index in [-0.39, 0.29) is 17.1 Å². The van der Waals surface area contributed by atoms with E-state index in [9.17, 15) is 0 Å². The van der Waals surface area contributed by atoms with E-state index in [0.29, 0.717) is 0 Å². The van der Waals surface area contributed by atoms with Crippen LogP contribution < -0.4 is 24.0 Å². The molecule has 1 aliphatic rings. The van der Waals surface area contributed by atoms with Gasteiger partial charge in [0.2, 0.25) is 0 Å². The molecule has 0 bridgehead atoms. The van der Waals surface area contributed by atoms with Crippen LogP contribution in [-0.2, 0) is 10.3 Å². The quantitative estimate of drug-likeness (QED) is 0.371. The van der Waals surface area contributed by atoms with E-state index in [1.165, 1.54) is 0 Å². The van der Waals surface area contributed by atoms with Crippen molar-refractivity contribution in [3.8, 4) is 23.0 Å². The lowest BCUT2D eigenvalue weighted by molar-refractivity contribution is 0.0315. The van der Waals surface area contributed by atoms with Gasteiger partial charge in [-0.05, 0) is 58.9 Å². The SMILES string of the molecule is COc1ccc(OC)c2c(C(C)(C)C)oc(C)c12.COc1ccc(OC)c2c1C(C)ON2C(C)(C)C. The van der Waals surface area contributed by atoms with Gasteiger partial charge in [-0.2, -0.15) is 0 Å². The van der Waals surface area contributed by atoms with Crippen molar-refractivity contribution in [1.82, 2.24) is 0 Å². The lowest BCUT2D eigenvalue weighted by atomic mass is 9.90. The van der Waals surface area contributed by atoms with Gasteiger partial charge in [-0.1, -0.05) is 20.8 Å². The number of aryl methyl sites for hydroxylation is 1. The summed E-state index contributed by atoms with van der Waals surface area (Å²) < 4.78 is 27.7. The van der Waals surface area contributed by atoms with Crippen molar-refractivity contribution in [1.29, 1.82) is 0 Å². The molecule has 0 saturated carbocycles. The first kappa shape index (κ1) is 27.5. The maximum Gasteiger partial charge on any atom is 0.145 e. The van der Waals surface area contributed by atoms with Gasteiger partial charge in [-0.15, -0.1) is 0 Å². The molecule has 0 radical (unpaired) electrons. The van der Waals surface area contributed by atoms with E-state index in [4.69, 9.17) is 28.2 Å². The van der Waals surface area contributed by atoms with Gasteiger partial charge in [0.25, 0.3) is 0 Å². The van der Waals surface area contributed by atoms with Crippen LogP contribution in [0.25, 0.3) is 10.8 Å². The monoisotopic (exact) mass is 499 g/mol. The Bertz CT molecular complexity index is 1220. The van der Waals surface area contributed by atoms with Crippen molar-refractivity contribution in [2.45, 2.75) is 72.4 Å².